The molecule has 1 aliphatic heterocycles. The molecule has 2 rings (SSSR count). The van der Waals surface area contributed by atoms with E-state index < -0.39 is 6.10 Å². The molecule has 0 radical (unpaired) electrons. The number of nitrogens with one attached hydrogen (secondary N) is 2. The van der Waals surface area contributed by atoms with Crippen LogP contribution in [0.3, 0.4) is 0 Å². The average Bonchev–Trinajstić information content (AvgIpc) is 2.68. The molecule has 92 valence electrons. The number of hydrogen-bond donors (Lipinski definition) is 3. The van der Waals surface area contributed by atoms with Crippen molar-refractivity contribution in [3.8, 4) is 0 Å². The highest BCUT2D eigenvalue weighted by atomic mass is 79.9. The van der Waals surface area contributed by atoms with E-state index in [-0.39, 0.29) is 11.9 Å². The van der Waals surface area contributed by atoms with Crippen LogP contribution in [0.5, 0.6) is 0 Å². The first-order valence-corrected chi connectivity index (χ1v) is 6.39. The van der Waals surface area contributed by atoms with E-state index in [1.165, 1.54) is 0 Å². The lowest BCUT2D eigenvalue weighted by atomic mass is 10.1. The Morgan fingerprint density at radius 1 is 1.53 bits per heavy atom. The van der Waals surface area contributed by atoms with Crippen LogP contribution >= 0.6 is 27.5 Å². The summed E-state index contributed by atoms with van der Waals surface area (Å²) in [6, 6.07) is 4.76. The van der Waals surface area contributed by atoms with Gasteiger partial charge in [-0.05, 0) is 34.1 Å². The number of amides is 1. The van der Waals surface area contributed by atoms with E-state index in [0.717, 1.165) is 0 Å². The molecule has 2 atom stereocenters. The number of aliphatic hydroxyl groups excluding tert-OH is 1. The number of hydrogen-bond acceptors (Lipinski definition) is 3. The molecule has 0 aliphatic carbocycles. The number of carbonyl (C=O) groups is 1. The van der Waals surface area contributed by atoms with Crippen LogP contribution in [0.1, 0.15) is 10.4 Å². The maximum Gasteiger partial charge on any atom is 0.252 e. The molecule has 0 saturated carbocycles. The minimum Gasteiger partial charge on any atom is -0.390 e. The molecule has 1 aromatic carbocycles. The molecule has 1 fully saturated rings. The lowest BCUT2D eigenvalue weighted by Gasteiger charge is -2.16. The van der Waals surface area contributed by atoms with Crippen molar-refractivity contribution in [2.45, 2.75) is 12.1 Å². The Balaban J connectivity index is 2.11. The molecule has 1 aliphatic rings. The van der Waals surface area contributed by atoms with E-state index in [2.05, 4.69) is 26.6 Å². The fourth-order valence-corrected chi connectivity index (χ4v) is 2.33. The van der Waals surface area contributed by atoms with Gasteiger partial charge in [-0.1, -0.05) is 11.6 Å². The van der Waals surface area contributed by atoms with E-state index in [1.54, 1.807) is 18.2 Å². The number of β-amino-alcohol motifs (C(OH)–C–C–N with tert-alkyl or cyclic N) is 1. The first kappa shape index (κ1) is 12.8. The maximum atomic E-state index is 12.0. The third-order valence-corrected chi connectivity index (χ3v) is 3.60. The van der Waals surface area contributed by atoms with Gasteiger partial charge in [0.2, 0.25) is 0 Å². The van der Waals surface area contributed by atoms with Gasteiger partial charge in [0.05, 0.1) is 17.7 Å². The van der Waals surface area contributed by atoms with E-state index in [4.69, 9.17) is 11.6 Å². The first-order valence-electron chi connectivity index (χ1n) is 5.22. The second-order valence-electron chi connectivity index (χ2n) is 3.93. The normalized spacial score (nSPS) is 23.7. The molecule has 2 unspecified atom stereocenters. The summed E-state index contributed by atoms with van der Waals surface area (Å²) in [4.78, 5) is 12.0. The predicted octanol–water partition coefficient (Wildman–Crippen LogP) is 1.17. The van der Waals surface area contributed by atoms with Crippen molar-refractivity contribution in [3.05, 3.63) is 33.3 Å². The summed E-state index contributed by atoms with van der Waals surface area (Å²) < 4.78 is 0.680. The van der Waals surface area contributed by atoms with E-state index in [0.29, 0.717) is 28.1 Å². The highest BCUT2D eigenvalue weighted by Gasteiger charge is 2.27. The molecular formula is C11H12BrClN2O2. The van der Waals surface area contributed by atoms with Gasteiger partial charge in [0.25, 0.3) is 5.91 Å². The van der Waals surface area contributed by atoms with Crippen molar-refractivity contribution in [3.63, 3.8) is 0 Å². The summed E-state index contributed by atoms with van der Waals surface area (Å²) in [5.41, 5.74) is 0.469. The van der Waals surface area contributed by atoms with Crippen LogP contribution in [-0.4, -0.2) is 36.2 Å². The van der Waals surface area contributed by atoms with Crippen molar-refractivity contribution < 1.29 is 9.90 Å². The zero-order valence-electron chi connectivity index (χ0n) is 8.91. The summed E-state index contributed by atoms with van der Waals surface area (Å²) in [5.74, 6) is -0.243. The standard InChI is InChI=1S/C11H12BrClN2O2/c12-8-2-1-6(13)3-7(8)11(17)15-9-4-14-5-10(9)16/h1-3,9-10,14,16H,4-5H2,(H,15,17). The molecule has 0 bridgehead atoms. The molecule has 0 aromatic heterocycles. The summed E-state index contributed by atoms with van der Waals surface area (Å²) in [7, 11) is 0. The summed E-state index contributed by atoms with van der Waals surface area (Å²) in [6.07, 6.45) is -0.545. The highest BCUT2D eigenvalue weighted by Crippen LogP contribution is 2.21. The van der Waals surface area contributed by atoms with Gasteiger partial charge in [0.1, 0.15) is 0 Å². The molecule has 1 aromatic rings. The van der Waals surface area contributed by atoms with Gasteiger partial charge in [0.15, 0.2) is 0 Å². The summed E-state index contributed by atoms with van der Waals surface area (Å²) in [5, 5.41) is 15.9. The van der Waals surface area contributed by atoms with Crippen molar-refractivity contribution in [2.24, 2.45) is 0 Å². The molecule has 1 amide bonds. The van der Waals surface area contributed by atoms with E-state index >= 15 is 0 Å². The van der Waals surface area contributed by atoms with Crippen LogP contribution in [0.2, 0.25) is 5.02 Å². The zero-order chi connectivity index (χ0) is 12.4. The van der Waals surface area contributed by atoms with Crippen LogP contribution in [0, 0.1) is 0 Å². The first-order chi connectivity index (χ1) is 8.08. The molecule has 0 spiro atoms. The van der Waals surface area contributed by atoms with Crippen LogP contribution in [0.25, 0.3) is 0 Å². The van der Waals surface area contributed by atoms with E-state index in [1.807, 2.05) is 0 Å². The van der Waals surface area contributed by atoms with Gasteiger partial charge in [-0.25, -0.2) is 0 Å². The molecule has 17 heavy (non-hydrogen) atoms. The monoisotopic (exact) mass is 318 g/mol. The second-order valence-corrected chi connectivity index (χ2v) is 5.22. The number of halogens is 2. The molecule has 3 N–H and O–H groups in total. The minimum atomic E-state index is -0.545. The molecule has 6 heteroatoms. The number of benzene rings is 1. The SMILES string of the molecule is O=C(NC1CNCC1O)c1cc(Cl)ccc1Br. The fourth-order valence-electron chi connectivity index (χ4n) is 1.73. The summed E-state index contributed by atoms with van der Waals surface area (Å²) >= 11 is 9.14. The molecule has 4 nitrogen and oxygen atoms in total. The Labute approximate surface area is 112 Å². The second kappa shape index (κ2) is 5.35. The number of rotatable bonds is 2. The largest absolute Gasteiger partial charge is 0.390 e. The lowest BCUT2D eigenvalue weighted by molar-refractivity contribution is 0.0888. The molecule has 1 heterocycles. The number of carbonyl (C=O) groups excluding carboxylic acids is 1. The van der Waals surface area contributed by atoms with Crippen molar-refractivity contribution in [2.75, 3.05) is 13.1 Å². The van der Waals surface area contributed by atoms with Crippen LogP contribution in [0.15, 0.2) is 22.7 Å². The smallest absolute Gasteiger partial charge is 0.252 e. The number of aliphatic hydroxyl groups is 1. The van der Waals surface area contributed by atoms with Crippen LogP contribution in [-0.2, 0) is 0 Å². The average molecular weight is 320 g/mol. The summed E-state index contributed by atoms with van der Waals surface area (Å²) in [6.45, 7) is 1.08. The minimum absolute atomic E-state index is 0.243. The van der Waals surface area contributed by atoms with E-state index in [9.17, 15) is 9.90 Å². The van der Waals surface area contributed by atoms with Gasteiger partial charge in [-0.3, -0.25) is 4.79 Å². The van der Waals surface area contributed by atoms with Crippen molar-refractivity contribution in [1.82, 2.24) is 10.6 Å². The Bertz CT molecular complexity index is 441. The van der Waals surface area contributed by atoms with Gasteiger partial charge in [0, 0.05) is 22.6 Å². The molecule has 1 saturated heterocycles. The lowest BCUT2D eigenvalue weighted by Crippen LogP contribution is -2.42. The van der Waals surface area contributed by atoms with Gasteiger partial charge in [-0.2, -0.15) is 0 Å². The zero-order valence-corrected chi connectivity index (χ0v) is 11.3. The Hall–Kier alpha value is -0.620. The molecular weight excluding hydrogens is 307 g/mol. The van der Waals surface area contributed by atoms with Crippen LogP contribution in [0.4, 0.5) is 0 Å². The third-order valence-electron chi connectivity index (χ3n) is 2.67. The predicted molar refractivity (Wildman–Crippen MR) is 69.3 cm³/mol. The van der Waals surface area contributed by atoms with Gasteiger partial charge in [-0.15, -0.1) is 0 Å². The Morgan fingerprint density at radius 2 is 2.29 bits per heavy atom. The van der Waals surface area contributed by atoms with Crippen molar-refractivity contribution >= 4 is 33.4 Å². The van der Waals surface area contributed by atoms with Crippen LogP contribution < -0.4 is 10.6 Å². The van der Waals surface area contributed by atoms with Gasteiger partial charge >= 0.3 is 0 Å². The van der Waals surface area contributed by atoms with Gasteiger partial charge < -0.3 is 15.7 Å². The maximum absolute atomic E-state index is 12.0. The fraction of sp³-hybridized carbons (Fsp3) is 0.364. The highest BCUT2D eigenvalue weighted by molar-refractivity contribution is 9.10. The third kappa shape index (κ3) is 2.98. The van der Waals surface area contributed by atoms with Crippen molar-refractivity contribution in [1.29, 1.82) is 0 Å². The quantitative estimate of drug-likeness (QED) is 0.767. The topological polar surface area (TPSA) is 61.4 Å². The Kier molecular flexibility index (Phi) is 4.04. The Morgan fingerprint density at radius 3 is 2.94 bits per heavy atom.